The van der Waals surface area contributed by atoms with Crippen molar-refractivity contribution in [3.63, 3.8) is 0 Å². The van der Waals surface area contributed by atoms with Gasteiger partial charge in [0.15, 0.2) is 0 Å². The zero-order chi connectivity index (χ0) is 12.3. The molecule has 0 aliphatic carbocycles. The molecule has 3 nitrogen and oxygen atoms in total. The van der Waals surface area contributed by atoms with Crippen LogP contribution in [0.25, 0.3) is 10.8 Å². The third-order valence-electron chi connectivity index (χ3n) is 2.27. The highest BCUT2D eigenvalue weighted by Crippen LogP contribution is 2.32. The van der Waals surface area contributed by atoms with E-state index in [0.29, 0.717) is 16.5 Å². The van der Waals surface area contributed by atoms with Crippen LogP contribution in [-0.2, 0) is 4.79 Å². The van der Waals surface area contributed by atoms with Crippen molar-refractivity contribution in [1.29, 1.82) is 0 Å². The van der Waals surface area contributed by atoms with Gasteiger partial charge >= 0.3 is 5.97 Å². The summed E-state index contributed by atoms with van der Waals surface area (Å²) in [7, 11) is 0. The molecule has 86 valence electrons. The SMILES string of the molecule is O=C(/C=C/Br)Oc1ccc(O)c2ccccc12. The molecule has 2 rings (SSSR count). The Bertz CT molecular complexity index is 590. The molecule has 0 aliphatic heterocycles. The molecule has 0 spiro atoms. The smallest absolute Gasteiger partial charge is 0.336 e. The lowest BCUT2D eigenvalue weighted by Crippen LogP contribution is -2.03. The summed E-state index contributed by atoms with van der Waals surface area (Å²) >= 11 is 3.00. The van der Waals surface area contributed by atoms with Gasteiger partial charge in [-0.15, -0.1) is 0 Å². The Hall–Kier alpha value is -1.81. The standard InChI is InChI=1S/C13H9BrO3/c14-8-7-13(16)17-12-6-5-11(15)9-3-1-2-4-10(9)12/h1-8,15H/b8-7+. The third-order valence-corrected chi connectivity index (χ3v) is 2.54. The van der Waals surface area contributed by atoms with Gasteiger partial charge in [-0.3, -0.25) is 0 Å². The summed E-state index contributed by atoms with van der Waals surface area (Å²) in [6, 6.07) is 10.3. The van der Waals surface area contributed by atoms with E-state index in [1.807, 2.05) is 12.1 Å². The number of hydrogen-bond donors (Lipinski definition) is 1. The van der Waals surface area contributed by atoms with Crippen molar-refractivity contribution in [3.8, 4) is 11.5 Å². The first-order valence-corrected chi connectivity index (χ1v) is 5.83. The second kappa shape index (κ2) is 5.01. The van der Waals surface area contributed by atoms with E-state index in [4.69, 9.17) is 4.74 Å². The zero-order valence-electron chi connectivity index (χ0n) is 8.76. The summed E-state index contributed by atoms with van der Waals surface area (Å²) in [5.74, 6) is 0.114. The number of esters is 1. The lowest BCUT2D eigenvalue weighted by Gasteiger charge is -2.07. The highest BCUT2D eigenvalue weighted by molar-refractivity contribution is 9.11. The average Bonchev–Trinajstić information content (AvgIpc) is 2.34. The number of carbonyl (C=O) groups excluding carboxylic acids is 1. The molecule has 0 radical (unpaired) electrons. The summed E-state index contributed by atoms with van der Waals surface area (Å²) in [4.78, 5) is 12.8. The Morgan fingerprint density at radius 1 is 1.18 bits per heavy atom. The predicted molar refractivity (Wildman–Crippen MR) is 69.3 cm³/mol. The molecule has 0 bridgehead atoms. The Balaban J connectivity index is 2.48. The second-order valence-electron chi connectivity index (χ2n) is 3.34. The number of halogens is 1. The van der Waals surface area contributed by atoms with Gasteiger partial charge < -0.3 is 9.84 Å². The molecule has 0 fully saturated rings. The first kappa shape index (κ1) is 11.7. The molecule has 0 amide bonds. The molecule has 0 aliphatic rings. The largest absolute Gasteiger partial charge is 0.507 e. The molecule has 2 aromatic carbocycles. The highest BCUT2D eigenvalue weighted by atomic mass is 79.9. The minimum absolute atomic E-state index is 0.163. The van der Waals surface area contributed by atoms with Crippen LogP contribution in [0.3, 0.4) is 0 Å². The molecule has 4 heteroatoms. The molecular formula is C13H9BrO3. The number of rotatable bonds is 2. The van der Waals surface area contributed by atoms with Crippen molar-refractivity contribution in [2.45, 2.75) is 0 Å². The number of aromatic hydroxyl groups is 1. The van der Waals surface area contributed by atoms with Crippen LogP contribution in [0.2, 0.25) is 0 Å². The summed E-state index contributed by atoms with van der Waals surface area (Å²) in [6.45, 7) is 0. The number of hydrogen-bond acceptors (Lipinski definition) is 3. The van der Waals surface area contributed by atoms with Gasteiger partial charge in [-0.1, -0.05) is 40.2 Å². The minimum atomic E-state index is -0.474. The predicted octanol–water partition coefficient (Wildman–Crippen LogP) is 3.36. The van der Waals surface area contributed by atoms with Crippen molar-refractivity contribution in [3.05, 3.63) is 47.5 Å². The second-order valence-corrected chi connectivity index (χ2v) is 3.87. The maximum Gasteiger partial charge on any atom is 0.336 e. The Labute approximate surface area is 106 Å². The van der Waals surface area contributed by atoms with Crippen molar-refractivity contribution in [2.24, 2.45) is 0 Å². The van der Waals surface area contributed by atoms with Crippen LogP contribution in [0.1, 0.15) is 0 Å². The molecule has 17 heavy (non-hydrogen) atoms. The summed E-state index contributed by atoms with van der Waals surface area (Å²) in [5, 5.41) is 11.0. The summed E-state index contributed by atoms with van der Waals surface area (Å²) in [6.07, 6.45) is 1.27. The average molecular weight is 293 g/mol. The Morgan fingerprint density at radius 3 is 2.59 bits per heavy atom. The molecule has 2 aromatic rings. The number of phenolic OH excluding ortho intramolecular Hbond substituents is 1. The van der Waals surface area contributed by atoms with Gasteiger partial charge in [0.2, 0.25) is 0 Å². The molecule has 0 unspecified atom stereocenters. The van der Waals surface area contributed by atoms with Gasteiger partial charge in [-0.25, -0.2) is 4.79 Å². The van der Waals surface area contributed by atoms with Gasteiger partial charge in [0.25, 0.3) is 0 Å². The fourth-order valence-electron chi connectivity index (χ4n) is 1.54. The molecule has 0 saturated heterocycles. The fourth-order valence-corrected chi connectivity index (χ4v) is 1.75. The fraction of sp³-hybridized carbons (Fsp3) is 0. The van der Waals surface area contributed by atoms with Gasteiger partial charge in [0, 0.05) is 16.8 Å². The Morgan fingerprint density at radius 2 is 1.88 bits per heavy atom. The van der Waals surface area contributed by atoms with Gasteiger partial charge in [-0.05, 0) is 17.1 Å². The van der Waals surface area contributed by atoms with Gasteiger partial charge in [-0.2, -0.15) is 0 Å². The van der Waals surface area contributed by atoms with E-state index in [-0.39, 0.29) is 5.75 Å². The maximum atomic E-state index is 11.3. The van der Waals surface area contributed by atoms with Crippen LogP contribution >= 0.6 is 15.9 Å². The number of phenols is 1. The normalized spacial score (nSPS) is 10.9. The summed E-state index contributed by atoms with van der Waals surface area (Å²) in [5.41, 5.74) is 0. The highest BCUT2D eigenvalue weighted by Gasteiger charge is 2.08. The molecule has 0 aromatic heterocycles. The third kappa shape index (κ3) is 2.47. The van der Waals surface area contributed by atoms with E-state index in [1.165, 1.54) is 17.1 Å². The van der Waals surface area contributed by atoms with Crippen LogP contribution in [-0.4, -0.2) is 11.1 Å². The van der Waals surface area contributed by atoms with E-state index in [2.05, 4.69) is 15.9 Å². The van der Waals surface area contributed by atoms with Crippen LogP contribution in [0.4, 0.5) is 0 Å². The minimum Gasteiger partial charge on any atom is -0.507 e. The number of fused-ring (bicyclic) bond motifs is 1. The molecule has 0 heterocycles. The van der Waals surface area contributed by atoms with Gasteiger partial charge in [0.1, 0.15) is 11.5 Å². The molecule has 0 saturated carbocycles. The van der Waals surface area contributed by atoms with Crippen LogP contribution in [0.15, 0.2) is 47.5 Å². The van der Waals surface area contributed by atoms with Crippen LogP contribution < -0.4 is 4.74 Å². The van der Waals surface area contributed by atoms with E-state index in [9.17, 15) is 9.90 Å². The number of carbonyl (C=O) groups is 1. The van der Waals surface area contributed by atoms with E-state index in [0.717, 1.165) is 0 Å². The lowest BCUT2D eigenvalue weighted by molar-refractivity contribution is -0.128. The van der Waals surface area contributed by atoms with Gasteiger partial charge in [0.05, 0.1) is 0 Å². The quantitative estimate of drug-likeness (QED) is 0.524. The molecule has 1 N–H and O–H groups in total. The summed E-state index contributed by atoms with van der Waals surface area (Å²) < 4.78 is 5.16. The Kier molecular flexibility index (Phi) is 3.44. The molecule has 0 atom stereocenters. The van der Waals surface area contributed by atoms with E-state index >= 15 is 0 Å². The topological polar surface area (TPSA) is 46.5 Å². The van der Waals surface area contributed by atoms with E-state index < -0.39 is 5.97 Å². The van der Waals surface area contributed by atoms with Crippen LogP contribution in [0, 0.1) is 0 Å². The molecular weight excluding hydrogens is 284 g/mol. The van der Waals surface area contributed by atoms with Crippen molar-refractivity contribution in [1.82, 2.24) is 0 Å². The maximum absolute atomic E-state index is 11.3. The van der Waals surface area contributed by atoms with E-state index in [1.54, 1.807) is 18.2 Å². The van der Waals surface area contributed by atoms with Crippen molar-refractivity contribution >= 4 is 32.7 Å². The zero-order valence-corrected chi connectivity index (χ0v) is 10.3. The first-order valence-electron chi connectivity index (χ1n) is 4.91. The number of ether oxygens (including phenoxy) is 1. The monoisotopic (exact) mass is 292 g/mol. The van der Waals surface area contributed by atoms with Crippen LogP contribution in [0.5, 0.6) is 11.5 Å². The van der Waals surface area contributed by atoms with Crippen molar-refractivity contribution in [2.75, 3.05) is 0 Å². The van der Waals surface area contributed by atoms with Crippen molar-refractivity contribution < 1.29 is 14.6 Å². The number of benzene rings is 2. The first-order chi connectivity index (χ1) is 8.22. The lowest BCUT2D eigenvalue weighted by atomic mass is 10.1.